The smallest absolute Gasteiger partial charge is 0.329 e. The molecule has 1 unspecified atom stereocenters. The fourth-order valence-electron chi connectivity index (χ4n) is 3.32. The van der Waals surface area contributed by atoms with Crippen LogP contribution in [0.3, 0.4) is 0 Å². The lowest BCUT2D eigenvalue weighted by atomic mass is 10.1. The molecule has 0 aliphatic carbocycles. The molecule has 33 heavy (non-hydrogen) atoms. The summed E-state index contributed by atoms with van der Waals surface area (Å²) in [6.07, 6.45) is 3.77. The first-order valence-electron chi connectivity index (χ1n) is 10.8. The van der Waals surface area contributed by atoms with Gasteiger partial charge in [-0.25, -0.2) is 4.79 Å². The van der Waals surface area contributed by atoms with Gasteiger partial charge in [-0.15, -0.1) is 0 Å². The molecule has 2 aromatic rings. The van der Waals surface area contributed by atoms with Gasteiger partial charge in [0.1, 0.15) is 6.04 Å². The van der Waals surface area contributed by atoms with Gasteiger partial charge in [0.2, 0.25) is 0 Å². The fourth-order valence-corrected chi connectivity index (χ4v) is 3.32. The van der Waals surface area contributed by atoms with Crippen molar-refractivity contribution < 1.29 is 19.1 Å². The highest BCUT2D eigenvalue weighted by atomic mass is 16.5. The summed E-state index contributed by atoms with van der Waals surface area (Å²) >= 11 is 0. The van der Waals surface area contributed by atoms with E-state index in [1.54, 1.807) is 30.3 Å². The number of carbonyl (C=O) groups is 2. The normalized spacial score (nSPS) is 14.8. The summed E-state index contributed by atoms with van der Waals surface area (Å²) in [6.45, 7) is 4.47. The van der Waals surface area contributed by atoms with Crippen molar-refractivity contribution in [2.24, 2.45) is 5.73 Å². The third-order valence-electron chi connectivity index (χ3n) is 5.24. The van der Waals surface area contributed by atoms with E-state index < -0.39 is 17.9 Å². The number of nitrogens with one attached hydrogen (secondary N) is 1. The summed E-state index contributed by atoms with van der Waals surface area (Å²) in [6, 6.07) is 14.4. The van der Waals surface area contributed by atoms with E-state index in [1.165, 1.54) is 12.7 Å². The Kier molecular flexibility index (Phi) is 9.21. The van der Waals surface area contributed by atoms with Crippen molar-refractivity contribution in [3.63, 3.8) is 0 Å². The van der Waals surface area contributed by atoms with E-state index >= 15 is 0 Å². The Morgan fingerprint density at radius 1 is 1.15 bits per heavy atom. The van der Waals surface area contributed by atoms with Gasteiger partial charge in [0.25, 0.3) is 5.91 Å². The van der Waals surface area contributed by atoms with Gasteiger partial charge in [0.05, 0.1) is 20.3 Å². The molecular weight excluding hydrogens is 418 g/mol. The van der Waals surface area contributed by atoms with Crippen molar-refractivity contribution in [3.05, 3.63) is 76.9 Å². The van der Waals surface area contributed by atoms with Crippen LogP contribution in [0.15, 0.2) is 54.6 Å². The molecule has 1 amide bonds. The zero-order valence-electron chi connectivity index (χ0n) is 18.8. The minimum atomic E-state index is -0.875. The Labute approximate surface area is 194 Å². The van der Waals surface area contributed by atoms with Crippen LogP contribution in [-0.2, 0) is 20.8 Å². The van der Waals surface area contributed by atoms with Crippen molar-refractivity contribution >= 4 is 18.0 Å². The second-order valence-corrected chi connectivity index (χ2v) is 7.60. The second-order valence-electron chi connectivity index (χ2n) is 7.60. The number of rotatable bonds is 7. The number of morpholine rings is 1. The number of ether oxygens (including phenoxy) is 2. The van der Waals surface area contributed by atoms with E-state index in [0.717, 1.165) is 44.0 Å². The van der Waals surface area contributed by atoms with E-state index in [-0.39, 0.29) is 6.54 Å². The van der Waals surface area contributed by atoms with Gasteiger partial charge in [-0.3, -0.25) is 9.69 Å². The summed E-state index contributed by atoms with van der Waals surface area (Å²) in [5, 5.41) is 2.56. The number of hydrogen-bond acceptors (Lipinski definition) is 6. The predicted molar refractivity (Wildman–Crippen MR) is 127 cm³/mol. The van der Waals surface area contributed by atoms with Crippen LogP contribution in [-0.4, -0.2) is 62.8 Å². The Bertz CT molecular complexity index is 1010. The molecule has 0 saturated carbocycles. The lowest BCUT2D eigenvalue weighted by Gasteiger charge is -2.26. The minimum absolute atomic E-state index is 0.0368. The highest BCUT2D eigenvalue weighted by Gasteiger charge is 2.20. The molecule has 7 heteroatoms. The zero-order chi connectivity index (χ0) is 23.5. The molecule has 0 aromatic heterocycles. The topological polar surface area (TPSA) is 93.9 Å². The van der Waals surface area contributed by atoms with Gasteiger partial charge < -0.3 is 20.5 Å². The molecule has 1 fully saturated rings. The maximum absolute atomic E-state index is 12.3. The van der Waals surface area contributed by atoms with Crippen LogP contribution in [0.1, 0.15) is 27.0 Å². The predicted octanol–water partition coefficient (Wildman–Crippen LogP) is 1.81. The highest BCUT2D eigenvalue weighted by Crippen LogP contribution is 2.10. The number of allylic oxidation sites excluding steroid dienone is 1. The standard InChI is InChI=1S/C26H29N3O4/c1-32-26(31)24(18-27)28-25(30)23-12-10-21(11-13-23)5-3-2-4-20-6-8-22(9-7-20)19-29-14-16-33-17-15-29/h2,4,6-13,24H,14-19,27H2,1H3,(H,28,30). The third kappa shape index (κ3) is 7.58. The lowest BCUT2D eigenvalue weighted by molar-refractivity contribution is -0.142. The Hall–Kier alpha value is -3.44. The molecule has 0 spiro atoms. The van der Waals surface area contributed by atoms with Gasteiger partial charge >= 0.3 is 5.97 Å². The van der Waals surface area contributed by atoms with Crippen molar-refractivity contribution in [2.75, 3.05) is 40.0 Å². The van der Waals surface area contributed by atoms with E-state index in [0.29, 0.717) is 5.56 Å². The molecule has 3 rings (SSSR count). The number of carbonyl (C=O) groups excluding carboxylic acids is 2. The number of esters is 1. The Morgan fingerprint density at radius 2 is 1.85 bits per heavy atom. The molecular formula is C26H29N3O4. The largest absolute Gasteiger partial charge is 0.467 e. The molecule has 0 bridgehead atoms. The average molecular weight is 448 g/mol. The number of methoxy groups -OCH3 is 1. The van der Waals surface area contributed by atoms with Crippen molar-refractivity contribution in [1.82, 2.24) is 10.2 Å². The number of nitrogens with two attached hydrogens (primary N) is 1. The molecule has 1 saturated heterocycles. The average Bonchev–Trinajstić information content (AvgIpc) is 2.86. The molecule has 2 aromatic carbocycles. The van der Waals surface area contributed by atoms with Gasteiger partial charge in [-0.05, 0) is 47.5 Å². The molecule has 1 aliphatic rings. The molecule has 3 N–H and O–H groups in total. The van der Waals surface area contributed by atoms with Crippen LogP contribution < -0.4 is 11.1 Å². The zero-order valence-corrected chi connectivity index (χ0v) is 18.8. The van der Waals surface area contributed by atoms with E-state index in [4.69, 9.17) is 10.5 Å². The summed E-state index contributed by atoms with van der Waals surface area (Å²) < 4.78 is 10.0. The molecule has 0 radical (unpaired) electrons. The number of hydrogen-bond donors (Lipinski definition) is 2. The van der Waals surface area contributed by atoms with Crippen LogP contribution in [0.2, 0.25) is 0 Å². The molecule has 1 heterocycles. The summed E-state index contributed by atoms with van der Waals surface area (Å²) in [4.78, 5) is 26.2. The monoisotopic (exact) mass is 447 g/mol. The van der Waals surface area contributed by atoms with Crippen LogP contribution in [0.25, 0.3) is 6.08 Å². The van der Waals surface area contributed by atoms with E-state index in [1.807, 2.05) is 6.08 Å². The van der Waals surface area contributed by atoms with Gasteiger partial charge in [-0.1, -0.05) is 36.1 Å². The Balaban J connectivity index is 1.51. The number of nitrogens with zero attached hydrogens (tertiary/aromatic N) is 1. The maximum atomic E-state index is 12.3. The second kappa shape index (κ2) is 12.6. The van der Waals surface area contributed by atoms with Gasteiger partial charge in [0.15, 0.2) is 0 Å². The SMILES string of the molecule is COC(=O)C(CN)NC(=O)c1ccc(C#CC=Cc2ccc(CN3CCOCC3)cc2)cc1. The van der Waals surface area contributed by atoms with Crippen LogP contribution >= 0.6 is 0 Å². The first kappa shape index (κ1) is 24.2. The summed E-state index contributed by atoms with van der Waals surface area (Å²) in [7, 11) is 1.25. The van der Waals surface area contributed by atoms with E-state index in [2.05, 4.69) is 51.1 Å². The van der Waals surface area contributed by atoms with Crippen molar-refractivity contribution in [3.8, 4) is 11.8 Å². The lowest BCUT2D eigenvalue weighted by Crippen LogP contribution is -2.46. The highest BCUT2D eigenvalue weighted by molar-refractivity contribution is 5.96. The molecule has 1 atom stereocenters. The van der Waals surface area contributed by atoms with Crippen molar-refractivity contribution in [2.45, 2.75) is 12.6 Å². The number of amides is 1. The maximum Gasteiger partial charge on any atom is 0.329 e. The van der Waals surface area contributed by atoms with Crippen molar-refractivity contribution in [1.29, 1.82) is 0 Å². The van der Waals surface area contributed by atoms with Gasteiger partial charge in [-0.2, -0.15) is 0 Å². The molecule has 1 aliphatic heterocycles. The summed E-state index contributed by atoms with van der Waals surface area (Å²) in [5.74, 6) is 5.08. The Morgan fingerprint density at radius 3 is 2.48 bits per heavy atom. The fraction of sp³-hybridized carbons (Fsp3) is 0.308. The van der Waals surface area contributed by atoms with Crippen LogP contribution in [0, 0.1) is 11.8 Å². The molecule has 172 valence electrons. The van der Waals surface area contributed by atoms with E-state index in [9.17, 15) is 9.59 Å². The van der Waals surface area contributed by atoms with Crippen LogP contribution in [0.4, 0.5) is 0 Å². The summed E-state index contributed by atoms with van der Waals surface area (Å²) in [5.41, 5.74) is 9.07. The van der Waals surface area contributed by atoms with Crippen LogP contribution in [0.5, 0.6) is 0 Å². The molecule has 7 nitrogen and oxygen atoms in total. The van der Waals surface area contributed by atoms with Gasteiger partial charge in [0, 0.05) is 37.3 Å². The number of benzene rings is 2. The first-order chi connectivity index (χ1) is 16.1. The third-order valence-corrected chi connectivity index (χ3v) is 5.24. The quantitative estimate of drug-likeness (QED) is 0.497. The minimum Gasteiger partial charge on any atom is -0.467 e. The first-order valence-corrected chi connectivity index (χ1v) is 10.8.